The minimum atomic E-state index is -3.23. The maximum absolute atomic E-state index is 12.4. The Hall–Kier alpha value is -1.83. The van der Waals surface area contributed by atoms with Crippen LogP contribution in [0, 0.1) is 17.8 Å². The van der Waals surface area contributed by atoms with Crippen LogP contribution in [0.25, 0.3) is 0 Å². The van der Waals surface area contributed by atoms with Crippen LogP contribution in [0.2, 0.25) is 0 Å². The Morgan fingerprint density at radius 1 is 1.27 bits per heavy atom. The van der Waals surface area contributed by atoms with Crippen molar-refractivity contribution in [2.24, 2.45) is 17.8 Å². The molecule has 166 valence electrons. The van der Waals surface area contributed by atoms with E-state index in [-0.39, 0.29) is 16.6 Å². The molecule has 2 aliphatic carbocycles. The average Bonchev–Trinajstić information content (AvgIpc) is 3.46. The number of piperidine rings is 1. The first-order chi connectivity index (χ1) is 14.2. The molecule has 1 saturated heterocycles. The lowest BCUT2D eigenvalue weighted by Gasteiger charge is -2.40. The van der Waals surface area contributed by atoms with Crippen LogP contribution in [-0.4, -0.2) is 55.9 Å². The summed E-state index contributed by atoms with van der Waals surface area (Å²) >= 11 is 0. The van der Waals surface area contributed by atoms with E-state index in [1.54, 1.807) is 6.07 Å². The van der Waals surface area contributed by atoms with Crippen molar-refractivity contribution in [1.82, 2.24) is 9.88 Å². The molecule has 0 spiro atoms. The third-order valence-corrected chi connectivity index (χ3v) is 8.10. The van der Waals surface area contributed by atoms with Crippen molar-refractivity contribution >= 4 is 15.9 Å². The fourth-order valence-electron chi connectivity index (χ4n) is 4.73. The van der Waals surface area contributed by atoms with Crippen LogP contribution in [0.15, 0.2) is 23.2 Å². The molecule has 3 fully saturated rings. The molecule has 2 atom stereocenters. The number of pyridine rings is 1. The maximum Gasteiger partial charge on any atom is 0.410 e. The van der Waals surface area contributed by atoms with Crippen molar-refractivity contribution in [2.75, 3.05) is 26.0 Å². The summed E-state index contributed by atoms with van der Waals surface area (Å²) in [6, 6.07) is 3.14. The summed E-state index contributed by atoms with van der Waals surface area (Å²) in [5.74, 6) is 2.56. The van der Waals surface area contributed by atoms with E-state index in [1.807, 2.05) is 11.8 Å². The van der Waals surface area contributed by atoms with E-state index >= 15 is 0 Å². The number of hydrogen-bond donors (Lipinski definition) is 0. The first kappa shape index (κ1) is 21.4. The second kappa shape index (κ2) is 8.36. The smallest absolute Gasteiger partial charge is 0.410 e. The Morgan fingerprint density at radius 3 is 2.57 bits per heavy atom. The molecule has 0 N–H and O–H groups in total. The molecule has 3 aliphatic rings. The zero-order valence-corrected chi connectivity index (χ0v) is 18.7. The van der Waals surface area contributed by atoms with Gasteiger partial charge in [0.2, 0.25) is 5.88 Å². The lowest BCUT2D eigenvalue weighted by atomic mass is 9.82. The third kappa shape index (κ3) is 5.07. The topological polar surface area (TPSA) is 85.8 Å². The average molecular weight is 437 g/mol. The van der Waals surface area contributed by atoms with Crippen LogP contribution < -0.4 is 4.74 Å². The van der Waals surface area contributed by atoms with E-state index in [1.165, 1.54) is 24.9 Å². The molecule has 1 aliphatic heterocycles. The minimum Gasteiger partial charge on any atom is -0.478 e. The SMILES string of the molecule is CC1(OC(=O)N2CCC([C@H]3CC3CCOc3ccc(S(C)(=O)=O)cn3)CC2)CCC1. The minimum absolute atomic E-state index is 0.134. The molecule has 1 aromatic heterocycles. The molecule has 30 heavy (non-hydrogen) atoms. The van der Waals surface area contributed by atoms with Crippen LogP contribution in [0.4, 0.5) is 4.79 Å². The molecule has 0 bridgehead atoms. The summed E-state index contributed by atoms with van der Waals surface area (Å²) in [4.78, 5) is 18.5. The Kier molecular flexibility index (Phi) is 5.97. The highest BCUT2D eigenvalue weighted by molar-refractivity contribution is 7.90. The fourth-order valence-corrected chi connectivity index (χ4v) is 5.29. The largest absolute Gasteiger partial charge is 0.478 e. The zero-order valence-electron chi connectivity index (χ0n) is 17.9. The normalized spacial score (nSPS) is 26.0. The number of carbonyl (C=O) groups excluding carboxylic acids is 1. The molecule has 4 rings (SSSR count). The number of sulfone groups is 1. The predicted molar refractivity (Wildman–Crippen MR) is 112 cm³/mol. The molecular formula is C22H32N2O5S. The highest BCUT2D eigenvalue weighted by Gasteiger charge is 2.44. The molecule has 2 saturated carbocycles. The van der Waals surface area contributed by atoms with Crippen LogP contribution >= 0.6 is 0 Å². The van der Waals surface area contributed by atoms with Crippen LogP contribution in [0.1, 0.15) is 51.9 Å². The Bertz CT molecular complexity index is 858. The van der Waals surface area contributed by atoms with Gasteiger partial charge < -0.3 is 14.4 Å². The second-order valence-electron chi connectivity index (χ2n) is 9.40. The first-order valence-electron chi connectivity index (χ1n) is 11.0. The van der Waals surface area contributed by atoms with Gasteiger partial charge in [0.05, 0.1) is 11.5 Å². The van der Waals surface area contributed by atoms with Gasteiger partial charge >= 0.3 is 6.09 Å². The Balaban J connectivity index is 1.14. The van der Waals surface area contributed by atoms with Crippen LogP contribution in [0.3, 0.4) is 0 Å². The van der Waals surface area contributed by atoms with E-state index in [2.05, 4.69) is 4.98 Å². The van der Waals surface area contributed by atoms with Gasteiger partial charge in [0, 0.05) is 31.6 Å². The number of likely N-dealkylation sites (tertiary alicyclic amines) is 1. The molecule has 0 radical (unpaired) electrons. The molecule has 8 heteroatoms. The van der Waals surface area contributed by atoms with Gasteiger partial charge in [-0.1, -0.05) is 0 Å². The van der Waals surface area contributed by atoms with Crippen molar-refractivity contribution in [3.63, 3.8) is 0 Å². The standard InChI is InChI=1S/C22H32N2O5S/c1-22(9-3-10-22)29-21(25)24-11-6-16(7-12-24)19-14-17(19)8-13-28-20-5-4-18(15-23-20)30(2,26)27/h4-5,15-17,19H,3,6-14H2,1-2H3/t17?,19-/m1/s1. The number of nitrogens with zero attached hydrogens (tertiary/aromatic N) is 2. The summed E-state index contributed by atoms with van der Waals surface area (Å²) in [5.41, 5.74) is -0.227. The van der Waals surface area contributed by atoms with E-state index in [9.17, 15) is 13.2 Å². The number of hydrogen-bond acceptors (Lipinski definition) is 6. The lowest BCUT2D eigenvalue weighted by molar-refractivity contribution is -0.0508. The van der Waals surface area contributed by atoms with Gasteiger partial charge in [0.25, 0.3) is 0 Å². The highest BCUT2D eigenvalue weighted by atomic mass is 32.2. The van der Waals surface area contributed by atoms with Crippen LogP contribution in [-0.2, 0) is 14.6 Å². The van der Waals surface area contributed by atoms with E-state index in [4.69, 9.17) is 9.47 Å². The van der Waals surface area contributed by atoms with Gasteiger partial charge in [-0.15, -0.1) is 0 Å². The highest BCUT2D eigenvalue weighted by Crippen LogP contribution is 2.49. The molecule has 1 aromatic rings. The summed E-state index contributed by atoms with van der Waals surface area (Å²) in [6.07, 6.45) is 9.83. The fraction of sp³-hybridized carbons (Fsp3) is 0.727. The quantitative estimate of drug-likeness (QED) is 0.648. The van der Waals surface area contributed by atoms with Gasteiger partial charge in [0.1, 0.15) is 5.60 Å². The molecular weight excluding hydrogens is 404 g/mol. The van der Waals surface area contributed by atoms with Crippen molar-refractivity contribution < 1.29 is 22.7 Å². The predicted octanol–water partition coefficient (Wildman–Crippen LogP) is 3.68. The third-order valence-electron chi connectivity index (χ3n) is 7.00. The lowest BCUT2D eigenvalue weighted by Crippen LogP contribution is -2.46. The number of carbonyl (C=O) groups is 1. The first-order valence-corrected chi connectivity index (χ1v) is 12.9. The molecule has 2 heterocycles. The Labute approximate surface area is 179 Å². The molecule has 0 aromatic carbocycles. The van der Waals surface area contributed by atoms with Crippen molar-refractivity contribution in [3.05, 3.63) is 18.3 Å². The van der Waals surface area contributed by atoms with Crippen molar-refractivity contribution in [3.8, 4) is 5.88 Å². The van der Waals surface area contributed by atoms with Crippen LogP contribution in [0.5, 0.6) is 5.88 Å². The van der Waals surface area contributed by atoms with Gasteiger partial charge in [-0.2, -0.15) is 0 Å². The van der Waals surface area contributed by atoms with Gasteiger partial charge in [-0.25, -0.2) is 18.2 Å². The van der Waals surface area contributed by atoms with Crippen molar-refractivity contribution in [2.45, 2.75) is 62.4 Å². The monoisotopic (exact) mass is 436 g/mol. The van der Waals surface area contributed by atoms with E-state index < -0.39 is 9.84 Å². The van der Waals surface area contributed by atoms with Gasteiger partial charge in [-0.3, -0.25) is 0 Å². The summed E-state index contributed by atoms with van der Waals surface area (Å²) in [6.45, 7) is 4.23. The summed E-state index contributed by atoms with van der Waals surface area (Å²) in [7, 11) is -3.23. The number of amides is 1. The van der Waals surface area contributed by atoms with Crippen molar-refractivity contribution in [1.29, 1.82) is 0 Å². The zero-order chi connectivity index (χ0) is 21.4. The maximum atomic E-state index is 12.4. The van der Waals surface area contributed by atoms with E-state index in [0.29, 0.717) is 24.3 Å². The molecule has 1 unspecified atom stereocenters. The van der Waals surface area contributed by atoms with Gasteiger partial charge in [-0.05, 0) is 75.7 Å². The molecule has 1 amide bonds. The van der Waals surface area contributed by atoms with Gasteiger partial charge in [0.15, 0.2) is 9.84 Å². The summed E-state index contributed by atoms with van der Waals surface area (Å²) in [5, 5.41) is 0. The summed E-state index contributed by atoms with van der Waals surface area (Å²) < 4.78 is 34.3. The molecule has 7 nitrogen and oxygen atoms in total. The van der Waals surface area contributed by atoms with E-state index in [0.717, 1.165) is 57.5 Å². The second-order valence-corrected chi connectivity index (χ2v) is 11.4. The number of rotatable bonds is 7. The number of ether oxygens (including phenoxy) is 2. The Morgan fingerprint density at radius 2 is 2.00 bits per heavy atom. The number of aromatic nitrogens is 1.